The zero-order valence-corrected chi connectivity index (χ0v) is 15.1. The number of hydrogen-bond donors (Lipinski definition) is 2. The van der Waals surface area contributed by atoms with Gasteiger partial charge >= 0.3 is 5.97 Å². The number of anilines is 1. The second kappa shape index (κ2) is 8.90. The van der Waals surface area contributed by atoms with Crippen molar-refractivity contribution in [3.05, 3.63) is 50.0 Å². The Labute approximate surface area is 153 Å². The number of carbonyl (C=O) groups is 2. The van der Waals surface area contributed by atoms with Crippen LogP contribution in [0, 0.1) is 24.0 Å². The van der Waals surface area contributed by atoms with Crippen LogP contribution in [0.3, 0.4) is 0 Å². The molecule has 26 heavy (non-hydrogen) atoms. The number of non-ortho nitro benzene ring substituents is 1. The molecule has 0 aliphatic rings. The van der Waals surface area contributed by atoms with Gasteiger partial charge in [-0.05, 0) is 26.0 Å². The second-order valence-electron chi connectivity index (χ2n) is 5.30. The number of benzene rings is 1. The molecule has 0 saturated heterocycles. The fraction of sp³-hybridized carbons (Fsp3) is 0.312. The molecule has 138 valence electrons. The minimum atomic E-state index is -0.563. The van der Waals surface area contributed by atoms with Crippen LogP contribution in [0.1, 0.15) is 20.4 Å². The van der Waals surface area contributed by atoms with Gasteiger partial charge in [0.05, 0.1) is 15.6 Å². The van der Waals surface area contributed by atoms with Crippen molar-refractivity contribution in [3.8, 4) is 0 Å². The Bertz CT molecular complexity index is 803. The molecule has 0 atom stereocenters. The normalized spacial score (nSPS) is 10.2. The third-order valence-corrected chi connectivity index (χ3v) is 4.33. The van der Waals surface area contributed by atoms with Crippen molar-refractivity contribution in [2.24, 2.45) is 0 Å². The third-order valence-electron chi connectivity index (χ3n) is 3.28. The topological polar surface area (TPSA) is 123 Å². The number of ether oxygens (including phenoxy) is 1. The van der Waals surface area contributed by atoms with Crippen LogP contribution in [0.2, 0.25) is 0 Å². The van der Waals surface area contributed by atoms with Crippen molar-refractivity contribution in [3.63, 3.8) is 0 Å². The molecule has 2 N–H and O–H groups in total. The standard InChI is InChI=1S/C16H18N4O5S/c1-10-15(26-11(2)19-10)16(22)25-9-14(21)18-8-7-17-12-3-5-13(6-4-12)20(23)24/h3-6,17H,7-9H2,1-2H3,(H,18,21). The highest BCUT2D eigenvalue weighted by molar-refractivity contribution is 7.13. The van der Waals surface area contributed by atoms with Crippen molar-refractivity contribution >= 4 is 34.6 Å². The fourth-order valence-electron chi connectivity index (χ4n) is 2.08. The van der Waals surface area contributed by atoms with Crippen LogP contribution in [0.15, 0.2) is 24.3 Å². The monoisotopic (exact) mass is 378 g/mol. The first-order valence-electron chi connectivity index (χ1n) is 7.73. The third kappa shape index (κ3) is 5.52. The lowest BCUT2D eigenvalue weighted by Gasteiger charge is -2.08. The molecule has 2 aromatic rings. The fourth-order valence-corrected chi connectivity index (χ4v) is 2.89. The Morgan fingerprint density at radius 3 is 2.50 bits per heavy atom. The quantitative estimate of drug-likeness (QED) is 0.312. The van der Waals surface area contributed by atoms with Gasteiger partial charge in [0.2, 0.25) is 0 Å². The summed E-state index contributed by atoms with van der Waals surface area (Å²) in [5.41, 5.74) is 1.30. The molecule has 0 spiro atoms. The second-order valence-corrected chi connectivity index (χ2v) is 6.51. The number of nitrogens with zero attached hydrogens (tertiary/aromatic N) is 2. The molecule has 0 fully saturated rings. The number of carbonyl (C=O) groups excluding carboxylic acids is 2. The van der Waals surface area contributed by atoms with Crippen LogP contribution in [0.5, 0.6) is 0 Å². The Morgan fingerprint density at radius 1 is 1.23 bits per heavy atom. The minimum absolute atomic E-state index is 0.0111. The van der Waals surface area contributed by atoms with Gasteiger partial charge in [0, 0.05) is 30.9 Å². The summed E-state index contributed by atoms with van der Waals surface area (Å²) in [6.07, 6.45) is 0. The summed E-state index contributed by atoms with van der Waals surface area (Å²) in [6, 6.07) is 5.95. The number of rotatable bonds is 8. The maximum absolute atomic E-state index is 11.9. The maximum atomic E-state index is 11.9. The Hall–Kier alpha value is -3.01. The number of nitrogens with one attached hydrogen (secondary N) is 2. The average Bonchev–Trinajstić information content (AvgIpc) is 2.95. The number of aromatic nitrogens is 1. The van der Waals surface area contributed by atoms with E-state index in [1.54, 1.807) is 26.0 Å². The molecule has 0 unspecified atom stereocenters. The van der Waals surface area contributed by atoms with Gasteiger partial charge in [-0.15, -0.1) is 11.3 Å². The lowest BCUT2D eigenvalue weighted by atomic mass is 10.3. The van der Waals surface area contributed by atoms with E-state index in [1.165, 1.54) is 23.5 Å². The van der Waals surface area contributed by atoms with E-state index >= 15 is 0 Å². The maximum Gasteiger partial charge on any atom is 0.350 e. The van der Waals surface area contributed by atoms with E-state index in [2.05, 4.69) is 15.6 Å². The number of amides is 1. The van der Waals surface area contributed by atoms with Crippen LogP contribution in [0.4, 0.5) is 11.4 Å². The number of hydrogen-bond acceptors (Lipinski definition) is 8. The summed E-state index contributed by atoms with van der Waals surface area (Å²) in [5.74, 6) is -0.977. The van der Waals surface area contributed by atoms with Crippen LogP contribution in [-0.4, -0.2) is 41.5 Å². The average molecular weight is 378 g/mol. The summed E-state index contributed by atoms with van der Waals surface area (Å²) >= 11 is 1.23. The number of esters is 1. The van der Waals surface area contributed by atoms with E-state index in [9.17, 15) is 19.7 Å². The van der Waals surface area contributed by atoms with Crippen LogP contribution in [0.25, 0.3) is 0 Å². The molecule has 10 heteroatoms. The highest BCUT2D eigenvalue weighted by Gasteiger charge is 2.16. The predicted octanol–water partition coefficient (Wildman–Crippen LogP) is 2.05. The molecule has 9 nitrogen and oxygen atoms in total. The summed E-state index contributed by atoms with van der Waals surface area (Å²) in [6.45, 7) is 3.87. The molecule has 0 bridgehead atoms. The van der Waals surface area contributed by atoms with Crippen LogP contribution < -0.4 is 10.6 Å². The van der Waals surface area contributed by atoms with Crippen molar-refractivity contribution in [1.82, 2.24) is 10.3 Å². The van der Waals surface area contributed by atoms with E-state index in [0.29, 0.717) is 29.3 Å². The highest BCUT2D eigenvalue weighted by atomic mass is 32.1. The molecule has 1 heterocycles. The van der Waals surface area contributed by atoms with Gasteiger partial charge < -0.3 is 15.4 Å². The van der Waals surface area contributed by atoms with E-state index in [4.69, 9.17) is 4.74 Å². The molecule has 0 aliphatic heterocycles. The smallest absolute Gasteiger partial charge is 0.350 e. The lowest BCUT2D eigenvalue weighted by Crippen LogP contribution is -2.32. The Balaban J connectivity index is 1.66. The van der Waals surface area contributed by atoms with Gasteiger partial charge in [0.1, 0.15) is 4.88 Å². The van der Waals surface area contributed by atoms with Crippen LogP contribution in [-0.2, 0) is 9.53 Å². The minimum Gasteiger partial charge on any atom is -0.451 e. The Kier molecular flexibility index (Phi) is 6.61. The SMILES string of the molecule is Cc1nc(C)c(C(=O)OCC(=O)NCCNc2ccc([N+](=O)[O-])cc2)s1. The predicted molar refractivity (Wildman–Crippen MR) is 96.5 cm³/mol. The number of nitro groups is 1. The Morgan fingerprint density at radius 2 is 1.92 bits per heavy atom. The molecule has 0 radical (unpaired) electrons. The van der Waals surface area contributed by atoms with Crippen LogP contribution >= 0.6 is 11.3 Å². The molecular formula is C16H18N4O5S. The molecule has 1 aromatic heterocycles. The molecule has 1 amide bonds. The lowest BCUT2D eigenvalue weighted by molar-refractivity contribution is -0.384. The summed E-state index contributed by atoms with van der Waals surface area (Å²) in [7, 11) is 0. The molecular weight excluding hydrogens is 360 g/mol. The van der Waals surface area contributed by atoms with Gasteiger partial charge in [-0.2, -0.15) is 0 Å². The largest absolute Gasteiger partial charge is 0.451 e. The molecule has 0 aliphatic carbocycles. The van der Waals surface area contributed by atoms with Gasteiger partial charge in [-0.25, -0.2) is 9.78 Å². The first kappa shape index (κ1) is 19.3. The highest BCUT2D eigenvalue weighted by Crippen LogP contribution is 2.18. The number of thiazole rings is 1. The van der Waals surface area contributed by atoms with E-state index in [0.717, 1.165) is 5.01 Å². The van der Waals surface area contributed by atoms with Gasteiger partial charge in [0.25, 0.3) is 11.6 Å². The van der Waals surface area contributed by atoms with Gasteiger partial charge in [-0.1, -0.05) is 0 Å². The first-order chi connectivity index (χ1) is 12.4. The van der Waals surface area contributed by atoms with Crippen molar-refractivity contribution in [2.75, 3.05) is 25.0 Å². The number of nitro benzene ring substituents is 1. The first-order valence-corrected chi connectivity index (χ1v) is 8.54. The van der Waals surface area contributed by atoms with E-state index < -0.39 is 16.8 Å². The molecule has 1 aromatic carbocycles. The van der Waals surface area contributed by atoms with Crippen molar-refractivity contribution in [2.45, 2.75) is 13.8 Å². The summed E-state index contributed by atoms with van der Waals surface area (Å²) < 4.78 is 4.97. The molecule has 0 saturated carbocycles. The summed E-state index contributed by atoms with van der Waals surface area (Å²) in [4.78, 5) is 38.2. The zero-order chi connectivity index (χ0) is 19.1. The zero-order valence-electron chi connectivity index (χ0n) is 14.3. The van der Waals surface area contributed by atoms with Gasteiger partial charge in [-0.3, -0.25) is 14.9 Å². The number of aryl methyl sites for hydroxylation is 2. The van der Waals surface area contributed by atoms with Gasteiger partial charge in [0.15, 0.2) is 6.61 Å². The van der Waals surface area contributed by atoms with Crippen molar-refractivity contribution in [1.29, 1.82) is 0 Å². The molecule has 2 rings (SSSR count). The van der Waals surface area contributed by atoms with E-state index in [1.807, 2.05) is 0 Å². The van der Waals surface area contributed by atoms with Crippen molar-refractivity contribution < 1.29 is 19.2 Å². The van der Waals surface area contributed by atoms with E-state index in [-0.39, 0.29) is 12.3 Å². The summed E-state index contributed by atoms with van der Waals surface area (Å²) in [5, 5.41) is 17.0.